The summed E-state index contributed by atoms with van der Waals surface area (Å²) in [4.78, 5) is 14.3. The molecule has 0 N–H and O–H groups in total. The molecular formula is C17H28N4O. The van der Waals surface area contributed by atoms with Gasteiger partial charge in [-0.3, -0.25) is 4.79 Å². The normalized spacial score (nSPS) is 22.3. The molecule has 2 fully saturated rings. The van der Waals surface area contributed by atoms with E-state index in [1.54, 1.807) is 0 Å². The highest BCUT2D eigenvalue weighted by molar-refractivity contribution is 5.76. The molecule has 1 aliphatic carbocycles. The monoisotopic (exact) mass is 304 g/mol. The summed E-state index contributed by atoms with van der Waals surface area (Å²) in [5.74, 6) is 3.24. The largest absolute Gasteiger partial charge is 0.342 e. The first-order valence-electron chi connectivity index (χ1n) is 8.76. The maximum absolute atomic E-state index is 12.3. The van der Waals surface area contributed by atoms with Crippen molar-refractivity contribution >= 4 is 5.91 Å². The van der Waals surface area contributed by atoms with Gasteiger partial charge in [0.25, 0.3) is 0 Å². The summed E-state index contributed by atoms with van der Waals surface area (Å²) in [6, 6.07) is 0. The van der Waals surface area contributed by atoms with Gasteiger partial charge in [-0.2, -0.15) is 0 Å². The number of amides is 1. The third-order valence-corrected chi connectivity index (χ3v) is 4.77. The van der Waals surface area contributed by atoms with Crippen molar-refractivity contribution in [3.63, 3.8) is 0 Å². The maximum atomic E-state index is 12.3. The molecule has 1 aromatic rings. The molecule has 1 amide bonds. The van der Waals surface area contributed by atoms with Crippen LogP contribution < -0.4 is 0 Å². The molecule has 3 rings (SSSR count). The minimum Gasteiger partial charge on any atom is -0.342 e. The Morgan fingerprint density at radius 3 is 2.86 bits per heavy atom. The fourth-order valence-electron chi connectivity index (χ4n) is 3.36. The Labute approximate surface area is 133 Å². The molecule has 0 spiro atoms. The van der Waals surface area contributed by atoms with Gasteiger partial charge >= 0.3 is 0 Å². The zero-order valence-electron chi connectivity index (χ0n) is 13.9. The third kappa shape index (κ3) is 4.08. The first-order valence-corrected chi connectivity index (χ1v) is 8.76. The summed E-state index contributed by atoms with van der Waals surface area (Å²) in [5, 5.41) is 8.41. The molecule has 1 unspecified atom stereocenters. The van der Waals surface area contributed by atoms with Gasteiger partial charge in [0, 0.05) is 32.5 Å². The Balaban J connectivity index is 1.55. The molecule has 0 radical (unpaired) electrons. The van der Waals surface area contributed by atoms with Gasteiger partial charge in [-0.05, 0) is 43.4 Å². The molecule has 122 valence electrons. The van der Waals surface area contributed by atoms with Gasteiger partial charge in [0.1, 0.15) is 12.2 Å². The van der Waals surface area contributed by atoms with Crippen molar-refractivity contribution in [1.29, 1.82) is 0 Å². The van der Waals surface area contributed by atoms with Crippen LogP contribution in [0.15, 0.2) is 6.33 Å². The average molecular weight is 304 g/mol. The number of carbonyl (C=O) groups excluding carboxylic acids is 1. The van der Waals surface area contributed by atoms with Crippen molar-refractivity contribution in [1.82, 2.24) is 19.7 Å². The molecule has 22 heavy (non-hydrogen) atoms. The van der Waals surface area contributed by atoms with E-state index in [4.69, 9.17) is 0 Å². The highest BCUT2D eigenvalue weighted by Crippen LogP contribution is 2.31. The molecule has 1 atom stereocenters. The van der Waals surface area contributed by atoms with E-state index < -0.39 is 0 Å². The van der Waals surface area contributed by atoms with E-state index in [0.29, 0.717) is 24.2 Å². The second-order valence-corrected chi connectivity index (χ2v) is 7.49. The highest BCUT2D eigenvalue weighted by atomic mass is 16.2. The summed E-state index contributed by atoms with van der Waals surface area (Å²) in [6.07, 6.45) is 8.50. The Morgan fingerprint density at radius 2 is 2.14 bits per heavy atom. The van der Waals surface area contributed by atoms with Crippen LogP contribution >= 0.6 is 0 Å². The molecule has 1 saturated heterocycles. The lowest BCUT2D eigenvalue weighted by Gasteiger charge is -2.33. The fraction of sp³-hybridized carbons (Fsp3) is 0.824. The average Bonchev–Trinajstić information content (AvgIpc) is 3.19. The minimum absolute atomic E-state index is 0.319. The molecule has 5 heteroatoms. The Kier molecular flexibility index (Phi) is 4.79. The van der Waals surface area contributed by atoms with Crippen molar-refractivity contribution in [2.45, 2.75) is 58.9 Å². The molecular weight excluding hydrogens is 276 g/mol. The number of hydrogen-bond acceptors (Lipinski definition) is 3. The summed E-state index contributed by atoms with van der Waals surface area (Å²) in [7, 11) is 0. The Morgan fingerprint density at radius 1 is 1.32 bits per heavy atom. The topological polar surface area (TPSA) is 51.0 Å². The number of piperidine rings is 1. The van der Waals surface area contributed by atoms with Crippen LogP contribution in [0.1, 0.15) is 51.8 Å². The first kappa shape index (κ1) is 15.5. The fourth-order valence-corrected chi connectivity index (χ4v) is 3.36. The smallest absolute Gasteiger partial charge is 0.222 e. The van der Waals surface area contributed by atoms with Crippen LogP contribution in [0, 0.1) is 17.8 Å². The van der Waals surface area contributed by atoms with Crippen molar-refractivity contribution < 1.29 is 4.79 Å². The number of likely N-dealkylation sites (tertiary alicyclic amines) is 1. The predicted molar refractivity (Wildman–Crippen MR) is 85.2 cm³/mol. The third-order valence-electron chi connectivity index (χ3n) is 4.77. The lowest BCUT2D eigenvalue weighted by molar-refractivity contribution is -0.133. The Hall–Kier alpha value is -1.39. The number of hydrogen-bond donors (Lipinski definition) is 0. The molecule has 2 heterocycles. The van der Waals surface area contributed by atoms with Gasteiger partial charge in [-0.25, -0.2) is 0 Å². The summed E-state index contributed by atoms with van der Waals surface area (Å²) in [5.41, 5.74) is 0. The van der Waals surface area contributed by atoms with Gasteiger partial charge < -0.3 is 9.47 Å². The molecule has 0 aromatic carbocycles. The van der Waals surface area contributed by atoms with Crippen LogP contribution in [0.5, 0.6) is 0 Å². The summed E-state index contributed by atoms with van der Waals surface area (Å²) < 4.78 is 2.23. The van der Waals surface area contributed by atoms with E-state index in [1.165, 1.54) is 19.3 Å². The quantitative estimate of drug-likeness (QED) is 0.811. The van der Waals surface area contributed by atoms with Crippen molar-refractivity contribution in [2.24, 2.45) is 17.8 Å². The van der Waals surface area contributed by atoms with Crippen LogP contribution in [0.4, 0.5) is 0 Å². The molecule has 1 aliphatic heterocycles. The van der Waals surface area contributed by atoms with Crippen LogP contribution in [0.25, 0.3) is 0 Å². The van der Waals surface area contributed by atoms with Gasteiger partial charge in [0.05, 0.1) is 0 Å². The maximum Gasteiger partial charge on any atom is 0.222 e. The van der Waals surface area contributed by atoms with Crippen LogP contribution in [-0.4, -0.2) is 38.7 Å². The van der Waals surface area contributed by atoms with Gasteiger partial charge in [-0.1, -0.05) is 13.8 Å². The predicted octanol–water partition coefficient (Wildman–Crippen LogP) is 2.52. The van der Waals surface area contributed by atoms with E-state index in [9.17, 15) is 4.79 Å². The molecule has 5 nitrogen and oxygen atoms in total. The second kappa shape index (κ2) is 6.80. The van der Waals surface area contributed by atoms with Crippen molar-refractivity contribution in [3.8, 4) is 0 Å². The lowest BCUT2D eigenvalue weighted by atomic mass is 9.93. The van der Waals surface area contributed by atoms with Crippen molar-refractivity contribution in [3.05, 3.63) is 12.2 Å². The van der Waals surface area contributed by atoms with E-state index in [2.05, 4.69) is 33.5 Å². The molecule has 1 saturated carbocycles. The number of aromatic nitrogens is 3. The zero-order chi connectivity index (χ0) is 15.5. The molecule has 0 bridgehead atoms. The second-order valence-electron chi connectivity index (χ2n) is 7.49. The van der Waals surface area contributed by atoms with Crippen LogP contribution in [0.3, 0.4) is 0 Å². The van der Waals surface area contributed by atoms with Gasteiger partial charge in [-0.15, -0.1) is 10.2 Å². The summed E-state index contributed by atoms with van der Waals surface area (Å²) in [6.45, 7) is 7.11. The van der Waals surface area contributed by atoms with Crippen LogP contribution in [0.2, 0.25) is 0 Å². The SMILES string of the molecule is CC(C)CC(=O)N1CCCC(Cc2nncn2CC2CC2)C1. The zero-order valence-corrected chi connectivity index (χ0v) is 13.9. The number of carbonyl (C=O) groups is 1. The standard InChI is InChI=1S/C17H28N4O/c1-13(2)8-17(22)20-7-3-4-15(11-20)9-16-19-18-12-21(16)10-14-5-6-14/h12-15H,3-11H2,1-2H3. The van der Waals surface area contributed by atoms with Gasteiger partial charge in [0.2, 0.25) is 5.91 Å². The highest BCUT2D eigenvalue weighted by Gasteiger charge is 2.27. The first-order chi connectivity index (χ1) is 10.6. The number of nitrogens with zero attached hydrogens (tertiary/aromatic N) is 4. The van der Waals surface area contributed by atoms with Crippen LogP contribution in [-0.2, 0) is 17.8 Å². The Bertz CT molecular complexity index is 507. The molecule has 2 aliphatic rings. The van der Waals surface area contributed by atoms with E-state index in [-0.39, 0.29) is 0 Å². The van der Waals surface area contributed by atoms with E-state index in [1.807, 2.05) is 6.33 Å². The summed E-state index contributed by atoms with van der Waals surface area (Å²) >= 11 is 0. The van der Waals surface area contributed by atoms with Gasteiger partial charge in [0.15, 0.2) is 0 Å². The molecule has 1 aromatic heterocycles. The van der Waals surface area contributed by atoms with E-state index in [0.717, 1.165) is 44.2 Å². The van der Waals surface area contributed by atoms with Crippen molar-refractivity contribution in [2.75, 3.05) is 13.1 Å². The van der Waals surface area contributed by atoms with E-state index >= 15 is 0 Å². The lowest BCUT2D eigenvalue weighted by Crippen LogP contribution is -2.41. The number of rotatable bonds is 6. The minimum atomic E-state index is 0.319.